The van der Waals surface area contributed by atoms with E-state index in [-0.39, 0.29) is 5.91 Å². The van der Waals surface area contributed by atoms with Crippen LogP contribution in [0.5, 0.6) is 0 Å². The minimum Gasteiger partial charge on any atom is -0.342 e. The Labute approximate surface area is 152 Å². The SMILES string of the molecule is Cc1ccc(C)c(N(CCCC(=O)N2CCC[C@@H](C)C2)S(C)(=O)=O)c1. The molecule has 0 aliphatic carbocycles. The minimum atomic E-state index is -3.38. The van der Waals surface area contributed by atoms with Crippen LogP contribution in [0.1, 0.15) is 43.7 Å². The van der Waals surface area contributed by atoms with Crippen molar-refractivity contribution in [1.29, 1.82) is 0 Å². The van der Waals surface area contributed by atoms with Crippen LogP contribution < -0.4 is 4.31 Å². The average molecular weight is 367 g/mol. The molecule has 1 heterocycles. The molecule has 1 fully saturated rings. The summed E-state index contributed by atoms with van der Waals surface area (Å²) in [5.41, 5.74) is 2.65. The van der Waals surface area contributed by atoms with Crippen molar-refractivity contribution in [3.63, 3.8) is 0 Å². The predicted molar refractivity (Wildman–Crippen MR) is 102 cm³/mol. The van der Waals surface area contributed by atoms with E-state index >= 15 is 0 Å². The molecule has 1 aliphatic rings. The summed E-state index contributed by atoms with van der Waals surface area (Å²) < 4.78 is 25.9. The Hall–Kier alpha value is -1.56. The molecule has 0 spiro atoms. The van der Waals surface area contributed by atoms with Crippen LogP contribution in [0.3, 0.4) is 0 Å². The second-order valence-electron chi connectivity index (χ2n) is 7.32. The van der Waals surface area contributed by atoms with E-state index in [4.69, 9.17) is 0 Å². The molecular formula is C19H30N2O3S. The number of nitrogens with zero attached hydrogens (tertiary/aromatic N) is 2. The van der Waals surface area contributed by atoms with E-state index in [1.165, 1.54) is 17.0 Å². The van der Waals surface area contributed by atoms with Crippen molar-refractivity contribution in [1.82, 2.24) is 4.90 Å². The van der Waals surface area contributed by atoms with Gasteiger partial charge in [-0.1, -0.05) is 19.1 Å². The average Bonchev–Trinajstić information content (AvgIpc) is 2.53. The number of rotatable bonds is 6. The van der Waals surface area contributed by atoms with Crippen molar-refractivity contribution in [2.75, 3.05) is 30.2 Å². The molecule has 0 saturated carbocycles. The molecule has 1 aromatic carbocycles. The molecule has 1 aliphatic heterocycles. The van der Waals surface area contributed by atoms with E-state index in [0.717, 1.165) is 30.6 Å². The highest BCUT2D eigenvalue weighted by molar-refractivity contribution is 7.92. The number of amides is 1. The minimum absolute atomic E-state index is 0.140. The molecule has 140 valence electrons. The van der Waals surface area contributed by atoms with Crippen molar-refractivity contribution < 1.29 is 13.2 Å². The molecule has 0 unspecified atom stereocenters. The number of hydrogen-bond donors (Lipinski definition) is 0. The van der Waals surface area contributed by atoms with Gasteiger partial charge in [-0.05, 0) is 56.2 Å². The van der Waals surface area contributed by atoms with Gasteiger partial charge in [0, 0.05) is 26.1 Å². The summed E-state index contributed by atoms with van der Waals surface area (Å²) >= 11 is 0. The maximum atomic E-state index is 12.4. The first-order valence-electron chi connectivity index (χ1n) is 9.01. The Morgan fingerprint density at radius 1 is 1.32 bits per heavy atom. The number of carbonyl (C=O) groups is 1. The highest BCUT2D eigenvalue weighted by atomic mass is 32.2. The molecule has 2 rings (SSSR count). The smallest absolute Gasteiger partial charge is 0.232 e. The van der Waals surface area contributed by atoms with Gasteiger partial charge in [-0.2, -0.15) is 0 Å². The third kappa shape index (κ3) is 5.46. The molecule has 0 radical (unpaired) electrons. The molecular weight excluding hydrogens is 336 g/mol. The maximum Gasteiger partial charge on any atom is 0.232 e. The van der Waals surface area contributed by atoms with E-state index in [1.807, 2.05) is 36.9 Å². The lowest BCUT2D eigenvalue weighted by molar-refractivity contribution is -0.132. The van der Waals surface area contributed by atoms with Gasteiger partial charge >= 0.3 is 0 Å². The summed E-state index contributed by atoms with van der Waals surface area (Å²) in [5.74, 6) is 0.695. The van der Waals surface area contributed by atoms with Gasteiger partial charge in [-0.15, -0.1) is 0 Å². The molecule has 1 amide bonds. The summed E-state index contributed by atoms with van der Waals surface area (Å²) in [6.45, 7) is 8.02. The van der Waals surface area contributed by atoms with Crippen LogP contribution in [0.2, 0.25) is 0 Å². The fraction of sp³-hybridized carbons (Fsp3) is 0.632. The summed E-state index contributed by atoms with van der Waals surface area (Å²) in [6, 6.07) is 5.80. The molecule has 25 heavy (non-hydrogen) atoms. The number of likely N-dealkylation sites (tertiary alicyclic amines) is 1. The Morgan fingerprint density at radius 3 is 2.68 bits per heavy atom. The van der Waals surface area contributed by atoms with E-state index < -0.39 is 10.0 Å². The fourth-order valence-corrected chi connectivity index (χ4v) is 4.42. The van der Waals surface area contributed by atoms with E-state index in [1.54, 1.807) is 0 Å². The van der Waals surface area contributed by atoms with Crippen molar-refractivity contribution in [3.8, 4) is 0 Å². The number of carbonyl (C=O) groups excluding carboxylic acids is 1. The van der Waals surface area contributed by atoms with Crippen LogP contribution >= 0.6 is 0 Å². The molecule has 0 aromatic heterocycles. The molecule has 1 aromatic rings. The van der Waals surface area contributed by atoms with E-state index in [0.29, 0.717) is 31.0 Å². The van der Waals surface area contributed by atoms with Gasteiger partial charge in [0.15, 0.2) is 0 Å². The summed E-state index contributed by atoms with van der Waals surface area (Å²) in [6.07, 6.45) is 4.39. The molecule has 5 nitrogen and oxygen atoms in total. The number of aryl methyl sites for hydroxylation is 2. The number of sulfonamides is 1. The summed E-state index contributed by atoms with van der Waals surface area (Å²) in [7, 11) is -3.38. The van der Waals surface area contributed by atoms with Gasteiger partial charge < -0.3 is 4.90 Å². The lowest BCUT2D eigenvalue weighted by Gasteiger charge is -2.31. The first-order valence-corrected chi connectivity index (χ1v) is 10.9. The Bertz CT molecular complexity index is 715. The molecule has 0 N–H and O–H groups in total. The van der Waals surface area contributed by atoms with Crippen molar-refractivity contribution in [3.05, 3.63) is 29.3 Å². The van der Waals surface area contributed by atoms with Crippen LogP contribution in [0.4, 0.5) is 5.69 Å². The largest absolute Gasteiger partial charge is 0.342 e. The molecule has 0 bridgehead atoms. The Kier molecular flexibility index (Phi) is 6.49. The second-order valence-corrected chi connectivity index (χ2v) is 9.22. The second kappa shape index (κ2) is 8.21. The van der Waals surface area contributed by atoms with Crippen LogP contribution in [-0.4, -0.2) is 45.1 Å². The molecule has 1 atom stereocenters. The zero-order chi connectivity index (χ0) is 18.6. The summed E-state index contributed by atoms with van der Waals surface area (Å²) in [5, 5.41) is 0. The van der Waals surface area contributed by atoms with Crippen molar-refractivity contribution in [2.45, 2.75) is 46.5 Å². The predicted octanol–water partition coefficient (Wildman–Crippen LogP) is 3.11. The lowest BCUT2D eigenvalue weighted by atomic mass is 10.00. The standard InChI is InChI=1S/C19H30N2O3S/c1-15-9-10-17(3)18(13-15)21(25(4,23)24)12-6-8-19(22)20-11-5-7-16(2)14-20/h9-10,13,16H,5-8,11-12,14H2,1-4H3/t16-/m1/s1. The number of hydrogen-bond acceptors (Lipinski definition) is 3. The van der Waals surface area contributed by atoms with E-state index in [2.05, 4.69) is 6.92 Å². The zero-order valence-corrected chi connectivity index (χ0v) is 16.6. The highest BCUT2D eigenvalue weighted by Crippen LogP contribution is 2.24. The van der Waals surface area contributed by atoms with Gasteiger partial charge in [0.25, 0.3) is 0 Å². The van der Waals surface area contributed by atoms with E-state index in [9.17, 15) is 13.2 Å². The van der Waals surface area contributed by atoms with Gasteiger partial charge in [-0.25, -0.2) is 8.42 Å². The van der Waals surface area contributed by atoms with Crippen LogP contribution in [0, 0.1) is 19.8 Å². The monoisotopic (exact) mass is 366 g/mol. The molecule has 6 heteroatoms. The topological polar surface area (TPSA) is 57.7 Å². The normalized spacial score (nSPS) is 18.2. The van der Waals surface area contributed by atoms with Crippen molar-refractivity contribution in [2.24, 2.45) is 5.92 Å². The van der Waals surface area contributed by atoms with Gasteiger partial charge in [0.2, 0.25) is 15.9 Å². The Morgan fingerprint density at radius 2 is 2.04 bits per heavy atom. The quantitative estimate of drug-likeness (QED) is 0.777. The number of anilines is 1. The highest BCUT2D eigenvalue weighted by Gasteiger charge is 2.23. The van der Waals surface area contributed by atoms with Gasteiger partial charge in [-0.3, -0.25) is 9.10 Å². The van der Waals surface area contributed by atoms with Crippen LogP contribution in [0.15, 0.2) is 18.2 Å². The lowest BCUT2D eigenvalue weighted by Crippen LogP contribution is -2.39. The third-order valence-corrected chi connectivity index (χ3v) is 5.98. The van der Waals surface area contributed by atoms with Gasteiger partial charge in [0.1, 0.15) is 0 Å². The zero-order valence-electron chi connectivity index (χ0n) is 15.8. The fourth-order valence-electron chi connectivity index (χ4n) is 3.40. The number of piperidine rings is 1. The number of benzene rings is 1. The summed E-state index contributed by atoms with van der Waals surface area (Å²) in [4.78, 5) is 14.3. The molecule has 1 saturated heterocycles. The van der Waals surface area contributed by atoms with Crippen LogP contribution in [0.25, 0.3) is 0 Å². The third-order valence-electron chi connectivity index (χ3n) is 4.80. The first kappa shape index (κ1) is 19.8. The van der Waals surface area contributed by atoms with Crippen LogP contribution in [-0.2, 0) is 14.8 Å². The first-order chi connectivity index (χ1) is 11.7. The maximum absolute atomic E-state index is 12.4. The Balaban J connectivity index is 2.02. The van der Waals surface area contributed by atoms with Crippen molar-refractivity contribution >= 4 is 21.6 Å². The van der Waals surface area contributed by atoms with Gasteiger partial charge in [0.05, 0.1) is 11.9 Å².